The Balaban J connectivity index is 1.48. The van der Waals surface area contributed by atoms with Crippen molar-refractivity contribution < 1.29 is 14.3 Å². The molecule has 0 bridgehead atoms. The summed E-state index contributed by atoms with van der Waals surface area (Å²) < 4.78 is 7.19. The smallest absolute Gasteiger partial charge is 0.273 e. The zero-order chi connectivity index (χ0) is 20.8. The standard InChI is InChI=1S/C23H24N4O3/c28-21(14-13-19-12-7-15-30-19)24-25-23(29)20-16-27(18-10-5-2-6-11-18)26-22(20)17-8-3-1-4-9-17/h1-6,8-11,16,19H,7,12-15H2,(H,24,28)(H,25,29). The van der Waals surface area contributed by atoms with Crippen LogP contribution in [-0.4, -0.2) is 34.3 Å². The van der Waals surface area contributed by atoms with Gasteiger partial charge in [0, 0.05) is 24.8 Å². The van der Waals surface area contributed by atoms with Crippen LogP contribution < -0.4 is 10.9 Å². The molecule has 2 heterocycles. The molecule has 4 rings (SSSR count). The first kappa shape index (κ1) is 19.8. The minimum atomic E-state index is -0.415. The van der Waals surface area contributed by atoms with Gasteiger partial charge in [-0.05, 0) is 31.4 Å². The number of carbonyl (C=O) groups excluding carboxylic acids is 2. The number of hydrogen-bond acceptors (Lipinski definition) is 4. The summed E-state index contributed by atoms with van der Waals surface area (Å²) in [6.07, 6.45) is 4.80. The molecule has 1 unspecified atom stereocenters. The third-order valence-electron chi connectivity index (χ3n) is 5.06. The van der Waals surface area contributed by atoms with Gasteiger partial charge in [-0.2, -0.15) is 5.10 Å². The molecule has 3 aromatic rings. The van der Waals surface area contributed by atoms with E-state index in [1.807, 2.05) is 60.7 Å². The molecule has 2 amide bonds. The van der Waals surface area contributed by atoms with Crippen molar-refractivity contribution in [2.45, 2.75) is 31.8 Å². The molecule has 1 aliphatic heterocycles. The van der Waals surface area contributed by atoms with Gasteiger partial charge in [0.2, 0.25) is 5.91 Å². The Morgan fingerprint density at radius 2 is 1.77 bits per heavy atom. The molecular formula is C23H24N4O3. The number of nitrogens with zero attached hydrogens (tertiary/aromatic N) is 2. The van der Waals surface area contributed by atoms with Crippen LogP contribution >= 0.6 is 0 Å². The van der Waals surface area contributed by atoms with E-state index >= 15 is 0 Å². The Morgan fingerprint density at radius 3 is 2.47 bits per heavy atom. The number of para-hydroxylation sites is 1. The van der Waals surface area contributed by atoms with Crippen LogP contribution in [0.3, 0.4) is 0 Å². The monoisotopic (exact) mass is 404 g/mol. The van der Waals surface area contributed by atoms with Gasteiger partial charge >= 0.3 is 0 Å². The lowest BCUT2D eigenvalue weighted by Gasteiger charge is -2.10. The van der Waals surface area contributed by atoms with Crippen molar-refractivity contribution in [1.82, 2.24) is 20.6 Å². The van der Waals surface area contributed by atoms with Gasteiger partial charge in [0.1, 0.15) is 5.69 Å². The van der Waals surface area contributed by atoms with Crippen LogP contribution in [0.5, 0.6) is 0 Å². The molecule has 1 aliphatic rings. The zero-order valence-electron chi connectivity index (χ0n) is 16.6. The zero-order valence-corrected chi connectivity index (χ0v) is 16.6. The summed E-state index contributed by atoms with van der Waals surface area (Å²) in [5.74, 6) is -0.655. The lowest BCUT2D eigenvalue weighted by atomic mass is 10.1. The summed E-state index contributed by atoms with van der Waals surface area (Å²) in [7, 11) is 0. The molecule has 2 aromatic carbocycles. The van der Waals surface area contributed by atoms with Gasteiger partial charge in [-0.3, -0.25) is 20.4 Å². The number of benzene rings is 2. The second-order valence-corrected chi connectivity index (χ2v) is 7.21. The number of hydrazine groups is 1. The topological polar surface area (TPSA) is 85.3 Å². The van der Waals surface area contributed by atoms with Crippen LogP contribution in [0, 0.1) is 0 Å². The third-order valence-corrected chi connectivity index (χ3v) is 5.06. The molecular weight excluding hydrogens is 380 g/mol. The molecule has 1 fully saturated rings. The van der Waals surface area contributed by atoms with Gasteiger partial charge in [0.25, 0.3) is 5.91 Å². The molecule has 154 valence electrons. The molecule has 30 heavy (non-hydrogen) atoms. The Labute approximate surface area is 175 Å². The molecule has 2 N–H and O–H groups in total. The van der Waals surface area contributed by atoms with E-state index < -0.39 is 5.91 Å². The summed E-state index contributed by atoms with van der Waals surface area (Å²) in [5.41, 5.74) is 7.61. The van der Waals surface area contributed by atoms with Crippen molar-refractivity contribution in [2.75, 3.05) is 6.61 Å². The Bertz CT molecular complexity index is 996. The van der Waals surface area contributed by atoms with Crippen molar-refractivity contribution in [3.05, 3.63) is 72.4 Å². The Hall–Kier alpha value is -3.45. The maximum Gasteiger partial charge on any atom is 0.273 e. The number of rotatable bonds is 6. The number of nitrogens with one attached hydrogen (secondary N) is 2. The van der Waals surface area contributed by atoms with E-state index in [-0.39, 0.29) is 12.0 Å². The normalized spacial score (nSPS) is 15.7. The summed E-state index contributed by atoms with van der Waals surface area (Å²) in [6.45, 7) is 0.761. The first-order valence-electron chi connectivity index (χ1n) is 10.1. The van der Waals surface area contributed by atoms with E-state index in [2.05, 4.69) is 16.0 Å². The highest BCUT2D eigenvalue weighted by molar-refractivity contribution is 6.00. The number of amides is 2. The second-order valence-electron chi connectivity index (χ2n) is 7.21. The van der Waals surface area contributed by atoms with E-state index in [1.54, 1.807) is 10.9 Å². The molecule has 1 aromatic heterocycles. The molecule has 7 heteroatoms. The number of hydrogen-bond donors (Lipinski definition) is 2. The number of aromatic nitrogens is 2. The van der Waals surface area contributed by atoms with Gasteiger partial charge in [0.15, 0.2) is 0 Å². The number of ether oxygens (including phenoxy) is 1. The van der Waals surface area contributed by atoms with Crippen molar-refractivity contribution in [3.8, 4) is 16.9 Å². The SMILES string of the molecule is O=C(CCC1CCCO1)NNC(=O)c1cn(-c2ccccc2)nc1-c1ccccc1. The molecule has 0 aliphatic carbocycles. The summed E-state index contributed by atoms with van der Waals surface area (Å²) in [4.78, 5) is 25.0. The minimum Gasteiger partial charge on any atom is -0.378 e. The fraction of sp³-hybridized carbons (Fsp3) is 0.261. The van der Waals surface area contributed by atoms with E-state index in [1.165, 1.54) is 0 Å². The van der Waals surface area contributed by atoms with E-state index in [4.69, 9.17) is 4.74 Å². The highest BCUT2D eigenvalue weighted by Crippen LogP contribution is 2.23. The van der Waals surface area contributed by atoms with Gasteiger partial charge in [-0.1, -0.05) is 48.5 Å². The minimum absolute atomic E-state index is 0.139. The maximum atomic E-state index is 12.8. The number of carbonyl (C=O) groups is 2. The predicted octanol–water partition coefficient (Wildman–Crippen LogP) is 3.26. The van der Waals surface area contributed by atoms with E-state index in [9.17, 15) is 9.59 Å². The van der Waals surface area contributed by atoms with Gasteiger partial charge in [-0.25, -0.2) is 4.68 Å². The average Bonchev–Trinajstić information content (AvgIpc) is 3.47. The van der Waals surface area contributed by atoms with Gasteiger partial charge < -0.3 is 4.74 Å². The molecule has 0 spiro atoms. The molecule has 0 radical (unpaired) electrons. The van der Waals surface area contributed by atoms with Crippen LogP contribution in [0.15, 0.2) is 66.9 Å². The lowest BCUT2D eigenvalue weighted by molar-refractivity contribution is -0.122. The van der Waals surface area contributed by atoms with Crippen molar-refractivity contribution in [2.24, 2.45) is 0 Å². The highest BCUT2D eigenvalue weighted by Gasteiger charge is 2.20. The summed E-state index contributed by atoms with van der Waals surface area (Å²) in [5, 5.41) is 4.61. The van der Waals surface area contributed by atoms with Crippen LogP contribution in [0.4, 0.5) is 0 Å². The summed E-state index contributed by atoms with van der Waals surface area (Å²) in [6, 6.07) is 19.1. The van der Waals surface area contributed by atoms with Gasteiger partial charge in [-0.15, -0.1) is 0 Å². The third kappa shape index (κ3) is 4.75. The van der Waals surface area contributed by atoms with Crippen LogP contribution in [-0.2, 0) is 9.53 Å². The average molecular weight is 404 g/mol. The highest BCUT2D eigenvalue weighted by atomic mass is 16.5. The largest absolute Gasteiger partial charge is 0.378 e. The van der Waals surface area contributed by atoms with Crippen molar-refractivity contribution in [3.63, 3.8) is 0 Å². The fourth-order valence-electron chi connectivity index (χ4n) is 3.48. The van der Waals surface area contributed by atoms with Crippen molar-refractivity contribution >= 4 is 11.8 Å². The van der Waals surface area contributed by atoms with Crippen LogP contribution in [0.1, 0.15) is 36.0 Å². The first-order valence-corrected chi connectivity index (χ1v) is 10.1. The molecule has 7 nitrogen and oxygen atoms in total. The van der Waals surface area contributed by atoms with Gasteiger partial charge in [0.05, 0.1) is 17.4 Å². The van der Waals surface area contributed by atoms with Crippen molar-refractivity contribution in [1.29, 1.82) is 0 Å². The lowest BCUT2D eigenvalue weighted by Crippen LogP contribution is -2.41. The van der Waals surface area contributed by atoms with E-state index in [0.29, 0.717) is 24.1 Å². The van der Waals surface area contributed by atoms with Crippen LogP contribution in [0.2, 0.25) is 0 Å². The summed E-state index contributed by atoms with van der Waals surface area (Å²) >= 11 is 0. The van der Waals surface area contributed by atoms with Crippen LogP contribution in [0.25, 0.3) is 16.9 Å². The Morgan fingerprint density at radius 1 is 1.03 bits per heavy atom. The molecule has 1 saturated heterocycles. The maximum absolute atomic E-state index is 12.8. The molecule has 1 atom stereocenters. The fourth-order valence-corrected chi connectivity index (χ4v) is 3.48. The predicted molar refractivity (Wildman–Crippen MR) is 113 cm³/mol. The second kappa shape index (κ2) is 9.37. The Kier molecular flexibility index (Phi) is 6.20. The first-order chi connectivity index (χ1) is 14.7. The quantitative estimate of drug-likeness (QED) is 0.618. The molecule has 0 saturated carbocycles. The van der Waals surface area contributed by atoms with E-state index in [0.717, 1.165) is 30.7 Å².